The lowest BCUT2D eigenvalue weighted by Crippen LogP contribution is -2.58. The van der Waals surface area contributed by atoms with Crippen LogP contribution in [0.15, 0.2) is 42.7 Å². The maximum Gasteiger partial charge on any atom is 0.410 e. The number of aromatic nitrogens is 3. The number of rotatable bonds is 12. The van der Waals surface area contributed by atoms with Crippen LogP contribution in [0.1, 0.15) is 45.7 Å². The van der Waals surface area contributed by atoms with E-state index in [0.717, 1.165) is 33.7 Å². The first kappa shape index (κ1) is 31.8. The summed E-state index contributed by atoms with van der Waals surface area (Å²) in [5, 5.41) is 4.42. The van der Waals surface area contributed by atoms with Gasteiger partial charge in [-0.25, -0.2) is 14.8 Å². The fourth-order valence-corrected chi connectivity index (χ4v) is 6.48. The van der Waals surface area contributed by atoms with Crippen molar-refractivity contribution >= 4 is 42.2 Å². The number of fused-ring (bicyclic) bond motifs is 3. The summed E-state index contributed by atoms with van der Waals surface area (Å²) in [6.45, 7) is 12.5. The van der Waals surface area contributed by atoms with Crippen molar-refractivity contribution in [1.82, 2.24) is 19.4 Å². The van der Waals surface area contributed by atoms with E-state index in [9.17, 15) is 4.79 Å². The van der Waals surface area contributed by atoms with Crippen molar-refractivity contribution in [1.29, 1.82) is 0 Å². The number of nitrogens with one attached hydrogen (secondary N) is 1. The molecule has 2 aromatic heterocycles. The van der Waals surface area contributed by atoms with E-state index in [0.29, 0.717) is 50.2 Å². The lowest BCUT2D eigenvalue weighted by Gasteiger charge is -2.40. The molecule has 4 aromatic rings. The van der Waals surface area contributed by atoms with Gasteiger partial charge in [-0.15, -0.1) is 0 Å². The quantitative estimate of drug-likeness (QED) is 0.175. The van der Waals surface area contributed by atoms with Gasteiger partial charge in [0.2, 0.25) is 0 Å². The first-order chi connectivity index (χ1) is 21.1. The number of carbonyl (C=O) groups excluding carboxylic acids is 1. The third kappa shape index (κ3) is 7.17. The average Bonchev–Trinajstić information content (AvgIpc) is 3.38. The summed E-state index contributed by atoms with van der Waals surface area (Å²) in [6.07, 6.45) is 2.29. The van der Waals surface area contributed by atoms with Crippen LogP contribution in [-0.4, -0.2) is 77.7 Å². The zero-order chi connectivity index (χ0) is 31.4. The Morgan fingerprint density at radius 1 is 1.00 bits per heavy atom. The van der Waals surface area contributed by atoms with Crippen LogP contribution >= 0.6 is 8.38 Å². The lowest BCUT2D eigenvalue weighted by atomic mass is 10.1. The van der Waals surface area contributed by atoms with Crippen LogP contribution in [0.4, 0.5) is 10.6 Å². The predicted molar refractivity (Wildman–Crippen MR) is 173 cm³/mol. The SMILES string of the molecule is CCOP(Cc1ccc(Cn2cnc3c(NC4CN(C(=O)OC(C)(C)C)C4)nc4cc(OC)c(OC)cc4c32)cc1)OCC. The number of hydrogen-bond donors (Lipinski definition) is 1. The number of benzene rings is 2. The number of pyridine rings is 1. The third-order valence-corrected chi connectivity index (χ3v) is 8.87. The highest BCUT2D eigenvalue weighted by atomic mass is 31.2. The third-order valence-electron chi connectivity index (χ3n) is 7.16. The van der Waals surface area contributed by atoms with Gasteiger partial charge in [-0.2, -0.15) is 0 Å². The molecule has 3 heterocycles. The molecular formula is C32H42N5O6P. The summed E-state index contributed by atoms with van der Waals surface area (Å²) >= 11 is 0. The lowest BCUT2D eigenvalue weighted by molar-refractivity contribution is 0.0105. The standard InChI is InChI=1S/C32H42N5O6P/c1-8-41-44(42-9-2)19-22-12-10-21(11-13-22)16-37-20-33-28-29(37)24-14-26(39-6)27(40-7)15-25(24)35-30(28)34-23-17-36(18-23)31(38)43-32(3,4)5/h10-15,20,23H,8-9,16-19H2,1-7H3,(H,34,35). The number of anilines is 1. The summed E-state index contributed by atoms with van der Waals surface area (Å²) in [7, 11) is 2.30. The van der Waals surface area contributed by atoms with E-state index in [4.69, 9.17) is 33.2 Å². The Labute approximate surface area is 259 Å². The molecule has 236 valence electrons. The highest BCUT2D eigenvalue weighted by Crippen LogP contribution is 2.42. The molecular weight excluding hydrogens is 581 g/mol. The molecule has 0 saturated carbocycles. The summed E-state index contributed by atoms with van der Waals surface area (Å²) in [6, 6.07) is 12.4. The van der Waals surface area contributed by atoms with E-state index in [-0.39, 0.29) is 12.1 Å². The molecule has 0 atom stereocenters. The Bertz CT molecular complexity index is 1590. The Morgan fingerprint density at radius 2 is 1.64 bits per heavy atom. The minimum absolute atomic E-state index is 0.0207. The molecule has 0 unspecified atom stereocenters. The number of methoxy groups -OCH3 is 2. The minimum Gasteiger partial charge on any atom is -0.493 e. The molecule has 0 bridgehead atoms. The molecule has 12 heteroatoms. The van der Waals surface area contributed by atoms with Gasteiger partial charge in [0, 0.05) is 37.2 Å². The average molecular weight is 624 g/mol. The number of nitrogens with zero attached hydrogens (tertiary/aromatic N) is 4. The smallest absolute Gasteiger partial charge is 0.410 e. The Hall–Kier alpha value is -3.66. The monoisotopic (exact) mass is 623 g/mol. The second kappa shape index (κ2) is 13.5. The second-order valence-corrected chi connectivity index (χ2v) is 13.1. The number of hydrogen-bond acceptors (Lipinski definition) is 9. The number of imidazole rings is 1. The minimum atomic E-state index is -0.941. The van der Waals surface area contributed by atoms with Crippen molar-refractivity contribution in [3.05, 3.63) is 53.9 Å². The molecule has 1 N–H and O–H groups in total. The largest absolute Gasteiger partial charge is 0.493 e. The molecule has 2 aromatic carbocycles. The van der Waals surface area contributed by atoms with Crippen molar-refractivity contribution in [2.75, 3.05) is 45.8 Å². The zero-order valence-corrected chi connectivity index (χ0v) is 27.4. The van der Waals surface area contributed by atoms with E-state index in [1.54, 1.807) is 19.1 Å². The zero-order valence-electron chi connectivity index (χ0n) is 26.5. The van der Waals surface area contributed by atoms with E-state index >= 15 is 0 Å². The molecule has 5 rings (SSSR count). The molecule has 0 radical (unpaired) electrons. The maximum absolute atomic E-state index is 12.5. The molecule has 1 fully saturated rings. The highest BCUT2D eigenvalue weighted by molar-refractivity contribution is 7.46. The van der Waals surface area contributed by atoms with Gasteiger partial charge >= 0.3 is 6.09 Å². The summed E-state index contributed by atoms with van der Waals surface area (Å²) in [5.74, 6) is 1.87. The number of ether oxygens (including phenoxy) is 3. The first-order valence-electron chi connectivity index (χ1n) is 14.9. The fourth-order valence-electron chi connectivity index (χ4n) is 5.13. The van der Waals surface area contributed by atoms with Crippen LogP contribution in [0.3, 0.4) is 0 Å². The summed E-state index contributed by atoms with van der Waals surface area (Å²) in [5.41, 5.74) is 4.20. The van der Waals surface area contributed by atoms with Gasteiger partial charge in [0.1, 0.15) is 11.1 Å². The molecule has 11 nitrogen and oxygen atoms in total. The first-order valence-corrected chi connectivity index (χ1v) is 16.2. The van der Waals surface area contributed by atoms with E-state index in [1.165, 1.54) is 5.56 Å². The van der Waals surface area contributed by atoms with Crippen molar-refractivity contribution < 1.29 is 28.1 Å². The maximum atomic E-state index is 12.5. The molecule has 1 aliphatic heterocycles. The second-order valence-electron chi connectivity index (χ2n) is 11.6. The Morgan fingerprint density at radius 3 is 2.25 bits per heavy atom. The molecule has 1 saturated heterocycles. The van der Waals surface area contributed by atoms with Crippen molar-refractivity contribution in [3.8, 4) is 11.5 Å². The van der Waals surface area contributed by atoms with Gasteiger partial charge in [-0.3, -0.25) is 0 Å². The molecule has 44 heavy (non-hydrogen) atoms. The molecule has 1 amide bonds. The van der Waals surface area contributed by atoms with Gasteiger partial charge < -0.3 is 38.0 Å². The van der Waals surface area contributed by atoms with Crippen LogP contribution in [0.5, 0.6) is 11.5 Å². The van der Waals surface area contributed by atoms with Crippen molar-refractivity contribution in [3.63, 3.8) is 0 Å². The Kier molecular flexibility index (Phi) is 9.78. The number of carbonyl (C=O) groups is 1. The summed E-state index contributed by atoms with van der Waals surface area (Å²) < 4.78 is 30.4. The van der Waals surface area contributed by atoms with Gasteiger partial charge in [0.25, 0.3) is 0 Å². The van der Waals surface area contributed by atoms with Gasteiger partial charge in [0.05, 0.1) is 50.8 Å². The number of amides is 1. The number of likely N-dealkylation sites (tertiary alicyclic amines) is 1. The highest BCUT2D eigenvalue weighted by Gasteiger charge is 2.34. The summed E-state index contributed by atoms with van der Waals surface area (Å²) in [4.78, 5) is 23.9. The van der Waals surface area contributed by atoms with Gasteiger partial charge in [-0.05, 0) is 51.8 Å². The molecule has 1 aliphatic rings. The van der Waals surface area contributed by atoms with E-state index in [1.807, 2.05) is 53.1 Å². The van der Waals surface area contributed by atoms with Crippen molar-refractivity contribution in [2.45, 2.75) is 59.0 Å². The normalized spacial score (nSPS) is 13.9. The van der Waals surface area contributed by atoms with Crippen LogP contribution < -0.4 is 14.8 Å². The molecule has 0 aliphatic carbocycles. The van der Waals surface area contributed by atoms with Crippen LogP contribution in [-0.2, 0) is 26.5 Å². The molecule has 0 spiro atoms. The predicted octanol–water partition coefficient (Wildman–Crippen LogP) is 6.57. The topological polar surface area (TPSA) is 109 Å². The van der Waals surface area contributed by atoms with Crippen LogP contribution in [0, 0.1) is 0 Å². The van der Waals surface area contributed by atoms with Crippen LogP contribution in [0.2, 0.25) is 0 Å². The van der Waals surface area contributed by atoms with Crippen molar-refractivity contribution in [2.24, 2.45) is 0 Å². The van der Waals surface area contributed by atoms with Gasteiger partial charge in [-0.1, -0.05) is 24.3 Å². The Balaban J connectivity index is 1.43. The van der Waals surface area contributed by atoms with E-state index in [2.05, 4.69) is 34.1 Å². The van der Waals surface area contributed by atoms with Crippen LogP contribution in [0.25, 0.3) is 21.9 Å². The fraction of sp³-hybridized carbons (Fsp3) is 0.469. The van der Waals surface area contributed by atoms with Gasteiger partial charge in [0.15, 0.2) is 25.7 Å². The van der Waals surface area contributed by atoms with E-state index < -0.39 is 14.0 Å².